The van der Waals surface area contributed by atoms with Crippen molar-refractivity contribution in [3.8, 4) is 11.5 Å². The summed E-state index contributed by atoms with van der Waals surface area (Å²) in [4.78, 5) is 27.1. The second kappa shape index (κ2) is 9.72. The van der Waals surface area contributed by atoms with Gasteiger partial charge in [-0.3, -0.25) is 9.36 Å². The number of nitrogens with zero attached hydrogens (tertiary/aromatic N) is 3. The number of H-pyrrole nitrogens is 1. The second-order valence-corrected chi connectivity index (χ2v) is 8.00. The lowest BCUT2D eigenvalue weighted by atomic mass is 9.95. The van der Waals surface area contributed by atoms with Crippen LogP contribution in [0.25, 0.3) is 0 Å². The number of hydrogen-bond acceptors (Lipinski definition) is 5. The highest BCUT2D eigenvalue weighted by Gasteiger charge is 2.27. The average molecular weight is 437 g/mol. The van der Waals surface area contributed by atoms with Gasteiger partial charge in [0.2, 0.25) is 5.91 Å². The normalized spacial score (nSPS) is 14.4. The van der Waals surface area contributed by atoms with Gasteiger partial charge in [0.25, 0.3) is 0 Å². The summed E-state index contributed by atoms with van der Waals surface area (Å²) in [6, 6.07) is 15.3. The van der Waals surface area contributed by atoms with Gasteiger partial charge in [-0.2, -0.15) is 5.10 Å². The largest absolute Gasteiger partial charge is 0.497 e. The third-order valence-electron chi connectivity index (χ3n) is 5.99. The van der Waals surface area contributed by atoms with Crippen molar-refractivity contribution >= 4 is 5.91 Å². The number of benzene rings is 2. The monoisotopic (exact) mass is 436 g/mol. The Kier molecular flexibility index (Phi) is 6.58. The summed E-state index contributed by atoms with van der Waals surface area (Å²) in [6.45, 7) is 1.75. The molecule has 3 aromatic rings. The first-order valence-electron chi connectivity index (χ1n) is 10.8. The molecule has 0 unspecified atom stereocenters. The molecule has 0 radical (unpaired) electrons. The predicted molar refractivity (Wildman–Crippen MR) is 120 cm³/mol. The number of ether oxygens (including phenoxy) is 2. The van der Waals surface area contributed by atoms with Crippen molar-refractivity contribution < 1.29 is 14.3 Å². The number of likely N-dealkylation sites (tertiary alicyclic amines) is 1. The molecule has 32 heavy (non-hydrogen) atoms. The number of nitrogens with one attached hydrogen (secondary N) is 1. The zero-order valence-corrected chi connectivity index (χ0v) is 18.4. The van der Waals surface area contributed by atoms with Gasteiger partial charge in [0, 0.05) is 19.0 Å². The summed E-state index contributed by atoms with van der Waals surface area (Å²) < 4.78 is 12.1. The van der Waals surface area contributed by atoms with Crippen LogP contribution >= 0.6 is 0 Å². The summed E-state index contributed by atoms with van der Waals surface area (Å²) in [5.74, 6) is 2.52. The van der Waals surface area contributed by atoms with Crippen molar-refractivity contribution in [1.82, 2.24) is 19.7 Å². The standard InChI is InChI=1S/C24H28N4O4/c1-31-20-8-6-17(7-9-20)16-28-23(25-26-24(28)30)19-10-12-27(13-11-19)22(29)15-18-4-3-5-21(14-18)32-2/h3-9,14,19H,10-13,15-16H2,1-2H3,(H,26,30). The Bertz CT molecular complexity index is 1110. The van der Waals surface area contributed by atoms with Crippen LogP contribution in [-0.4, -0.2) is 52.9 Å². The minimum atomic E-state index is -0.215. The van der Waals surface area contributed by atoms with Gasteiger partial charge in [-0.1, -0.05) is 24.3 Å². The van der Waals surface area contributed by atoms with E-state index in [0.717, 1.165) is 41.3 Å². The number of amides is 1. The highest BCUT2D eigenvalue weighted by Crippen LogP contribution is 2.27. The van der Waals surface area contributed by atoms with E-state index in [0.29, 0.717) is 26.1 Å². The number of carbonyl (C=O) groups excluding carboxylic acids is 1. The van der Waals surface area contributed by atoms with Gasteiger partial charge in [-0.25, -0.2) is 9.89 Å². The summed E-state index contributed by atoms with van der Waals surface area (Å²) in [6.07, 6.45) is 1.90. The summed E-state index contributed by atoms with van der Waals surface area (Å²) in [7, 11) is 3.25. The molecular formula is C24H28N4O4. The number of aromatic amines is 1. The maximum Gasteiger partial charge on any atom is 0.343 e. The van der Waals surface area contributed by atoms with E-state index in [1.165, 1.54) is 0 Å². The van der Waals surface area contributed by atoms with E-state index in [1.807, 2.05) is 53.4 Å². The van der Waals surface area contributed by atoms with Crippen LogP contribution in [0.3, 0.4) is 0 Å². The zero-order chi connectivity index (χ0) is 22.5. The maximum absolute atomic E-state index is 12.8. The highest BCUT2D eigenvalue weighted by atomic mass is 16.5. The van der Waals surface area contributed by atoms with Crippen molar-refractivity contribution in [3.63, 3.8) is 0 Å². The first-order valence-corrected chi connectivity index (χ1v) is 10.8. The number of piperidine rings is 1. The lowest BCUT2D eigenvalue weighted by molar-refractivity contribution is -0.131. The van der Waals surface area contributed by atoms with Gasteiger partial charge in [-0.05, 0) is 48.2 Å². The molecule has 1 amide bonds. The molecule has 1 aromatic heterocycles. The van der Waals surface area contributed by atoms with E-state index in [4.69, 9.17) is 9.47 Å². The maximum atomic E-state index is 12.8. The van der Waals surface area contributed by atoms with Gasteiger partial charge < -0.3 is 14.4 Å². The molecule has 2 aromatic carbocycles. The van der Waals surface area contributed by atoms with E-state index in [1.54, 1.807) is 18.8 Å². The van der Waals surface area contributed by atoms with Crippen LogP contribution in [0.5, 0.6) is 11.5 Å². The van der Waals surface area contributed by atoms with Crippen LogP contribution < -0.4 is 15.2 Å². The molecule has 1 N–H and O–H groups in total. The van der Waals surface area contributed by atoms with Crippen LogP contribution in [0.1, 0.15) is 35.7 Å². The molecule has 0 spiro atoms. The van der Waals surface area contributed by atoms with E-state index < -0.39 is 0 Å². The predicted octanol–water partition coefficient (Wildman–Crippen LogP) is 2.59. The average Bonchev–Trinajstić information content (AvgIpc) is 3.19. The molecule has 0 bridgehead atoms. The van der Waals surface area contributed by atoms with E-state index in [-0.39, 0.29) is 17.5 Å². The summed E-state index contributed by atoms with van der Waals surface area (Å²) >= 11 is 0. The Hall–Kier alpha value is -3.55. The van der Waals surface area contributed by atoms with Gasteiger partial charge in [0.05, 0.1) is 27.2 Å². The minimum Gasteiger partial charge on any atom is -0.497 e. The SMILES string of the molecule is COc1ccc(Cn2c(C3CCN(C(=O)Cc4cccc(OC)c4)CC3)n[nH]c2=O)cc1. The molecule has 8 heteroatoms. The molecule has 1 aliphatic rings. The quantitative estimate of drug-likeness (QED) is 0.615. The van der Waals surface area contributed by atoms with Crippen molar-refractivity contribution in [2.45, 2.75) is 31.7 Å². The molecular weight excluding hydrogens is 408 g/mol. The lowest BCUT2D eigenvalue weighted by Crippen LogP contribution is -2.39. The number of methoxy groups -OCH3 is 2. The van der Waals surface area contributed by atoms with Gasteiger partial charge in [0.1, 0.15) is 17.3 Å². The third-order valence-corrected chi connectivity index (χ3v) is 5.99. The van der Waals surface area contributed by atoms with E-state index in [2.05, 4.69) is 10.2 Å². The Morgan fingerprint density at radius 2 is 1.75 bits per heavy atom. The van der Waals surface area contributed by atoms with Crippen LogP contribution in [0.2, 0.25) is 0 Å². The molecule has 1 fully saturated rings. The second-order valence-electron chi connectivity index (χ2n) is 8.00. The van der Waals surface area contributed by atoms with E-state index >= 15 is 0 Å². The molecule has 4 rings (SSSR count). The Morgan fingerprint density at radius 1 is 1.03 bits per heavy atom. The van der Waals surface area contributed by atoms with Crippen molar-refractivity contribution in [1.29, 1.82) is 0 Å². The third kappa shape index (κ3) is 4.85. The van der Waals surface area contributed by atoms with Crippen molar-refractivity contribution in [2.75, 3.05) is 27.3 Å². The molecule has 1 saturated heterocycles. The summed E-state index contributed by atoms with van der Waals surface area (Å²) in [5, 5.41) is 6.90. The van der Waals surface area contributed by atoms with Crippen LogP contribution in [-0.2, 0) is 17.8 Å². The molecule has 168 valence electrons. The van der Waals surface area contributed by atoms with Gasteiger partial charge >= 0.3 is 5.69 Å². The van der Waals surface area contributed by atoms with Crippen molar-refractivity contribution in [2.24, 2.45) is 0 Å². The molecule has 0 atom stereocenters. The topological polar surface area (TPSA) is 89.4 Å². The number of hydrogen-bond donors (Lipinski definition) is 1. The first kappa shape index (κ1) is 21.7. The van der Waals surface area contributed by atoms with Crippen molar-refractivity contribution in [3.05, 3.63) is 76.0 Å². The zero-order valence-electron chi connectivity index (χ0n) is 18.4. The van der Waals surface area contributed by atoms with Crippen LogP contribution in [0, 0.1) is 0 Å². The molecule has 0 aliphatic carbocycles. The molecule has 2 heterocycles. The molecule has 0 saturated carbocycles. The lowest BCUT2D eigenvalue weighted by Gasteiger charge is -2.31. The fourth-order valence-corrected chi connectivity index (χ4v) is 4.16. The number of carbonyl (C=O) groups is 1. The summed E-state index contributed by atoms with van der Waals surface area (Å²) in [5.41, 5.74) is 1.73. The fraction of sp³-hybridized carbons (Fsp3) is 0.375. The number of rotatable bonds is 7. The molecule has 1 aliphatic heterocycles. The highest BCUT2D eigenvalue weighted by molar-refractivity contribution is 5.79. The van der Waals surface area contributed by atoms with E-state index in [9.17, 15) is 9.59 Å². The first-order chi connectivity index (χ1) is 15.6. The Labute approximate surface area is 186 Å². The number of aromatic nitrogens is 3. The van der Waals surface area contributed by atoms with Gasteiger partial charge in [-0.15, -0.1) is 0 Å². The Balaban J connectivity index is 1.38. The fourth-order valence-electron chi connectivity index (χ4n) is 4.16. The smallest absolute Gasteiger partial charge is 0.343 e. The minimum absolute atomic E-state index is 0.106. The van der Waals surface area contributed by atoms with Crippen LogP contribution in [0.15, 0.2) is 53.3 Å². The molecule has 8 nitrogen and oxygen atoms in total. The van der Waals surface area contributed by atoms with Gasteiger partial charge in [0.15, 0.2) is 0 Å². The van der Waals surface area contributed by atoms with Crippen LogP contribution in [0.4, 0.5) is 0 Å². The Morgan fingerprint density at radius 3 is 2.44 bits per heavy atom.